The average Bonchev–Trinajstić information content (AvgIpc) is 3.95. The minimum absolute atomic E-state index is 0.0547. The first-order valence-electron chi connectivity index (χ1n) is 16.3. The highest BCUT2D eigenvalue weighted by atomic mass is 31.1. The maximum absolute atomic E-state index is 6.67. The van der Waals surface area contributed by atoms with Gasteiger partial charge < -0.3 is 35.4 Å². The number of aromatic nitrogens is 4. The third-order valence-electron chi connectivity index (χ3n) is 8.02. The molecule has 0 saturated carbocycles. The molecule has 8 nitrogen and oxygen atoms in total. The fourth-order valence-electron chi connectivity index (χ4n) is 5.42. The standard InChI is InChI=1S/C36H42N4O4P4/c1-5-27-15-11-23-37(27)45-41-31-19-9-20-32(42-46-38-24-12-16-28(38)6-2)35(31)36-33(43-47-39-25-13-17-29(39)7-3)21-10-22-34(36)44-48-40-26-14-18-30(40)8-4/h9-26,45-48H,5-8H2,1-4H3. The summed E-state index contributed by atoms with van der Waals surface area (Å²) in [6.45, 7) is 8.63. The van der Waals surface area contributed by atoms with Crippen LogP contribution in [-0.2, 0) is 25.7 Å². The van der Waals surface area contributed by atoms with Crippen LogP contribution in [0.25, 0.3) is 11.1 Å². The van der Waals surface area contributed by atoms with Crippen molar-refractivity contribution in [1.82, 2.24) is 17.4 Å². The zero-order valence-corrected chi connectivity index (χ0v) is 31.6. The van der Waals surface area contributed by atoms with Gasteiger partial charge >= 0.3 is 0 Å². The first-order chi connectivity index (χ1) is 23.6. The molecule has 0 N–H and O–H groups in total. The Morgan fingerprint density at radius 2 is 0.625 bits per heavy atom. The van der Waals surface area contributed by atoms with Crippen LogP contribution in [0.3, 0.4) is 0 Å². The highest BCUT2D eigenvalue weighted by Crippen LogP contribution is 2.52. The molecule has 0 aliphatic heterocycles. The lowest BCUT2D eigenvalue weighted by molar-refractivity contribution is 0.581. The monoisotopic (exact) mass is 718 g/mol. The zero-order chi connectivity index (χ0) is 33.3. The molecule has 4 aromatic heterocycles. The van der Waals surface area contributed by atoms with Crippen LogP contribution in [0, 0.1) is 0 Å². The van der Waals surface area contributed by atoms with Gasteiger partial charge in [0, 0.05) is 47.6 Å². The second-order valence-corrected chi connectivity index (χ2v) is 14.4. The summed E-state index contributed by atoms with van der Waals surface area (Å²) in [6.07, 6.45) is 12.0. The molecule has 0 aliphatic rings. The van der Waals surface area contributed by atoms with E-state index in [9.17, 15) is 0 Å². The summed E-state index contributed by atoms with van der Waals surface area (Å²) >= 11 is 0. The van der Waals surface area contributed by atoms with Gasteiger partial charge in [0.15, 0.2) is 35.8 Å². The van der Waals surface area contributed by atoms with Crippen LogP contribution in [0.15, 0.2) is 110 Å². The number of hydrogen-bond acceptors (Lipinski definition) is 4. The first kappa shape index (κ1) is 34.3. The largest absolute Gasteiger partial charge is 0.455 e. The van der Waals surface area contributed by atoms with Crippen molar-refractivity contribution >= 4 is 35.8 Å². The van der Waals surface area contributed by atoms with Gasteiger partial charge in [0.2, 0.25) is 0 Å². The van der Waals surface area contributed by atoms with Crippen molar-refractivity contribution in [3.63, 3.8) is 0 Å². The van der Waals surface area contributed by atoms with Gasteiger partial charge in [-0.2, -0.15) is 0 Å². The molecule has 0 aliphatic carbocycles. The van der Waals surface area contributed by atoms with E-state index in [1.807, 2.05) is 36.4 Å². The second kappa shape index (κ2) is 16.7. The van der Waals surface area contributed by atoms with Gasteiger partial charge in [-0.15, -0.1) is 0 Å². The van der Waals surface area contributed by atoms with Gasteiger partial charge in [0.1, 0.15) is 23.0 Å². The van der Waals surface area contributed by atoms with Gasteiger partial charge in [-0.1, -0.05) is 39.8 Å². The number of benzene rings is 2. The Bertz CT molecular complexity index is 1660. The van der Waals surface area contributed by atoms with Crippen LogP contribution in [0.1, 0.15) is 50.5 Å². The van der Waals surface area contributed by atoms with E-state index in [0.717, 1.165) is 36.8 Å². The molecule has 2 aromatic carbocycles. The Hall–Kier alpha value is -3.52. The molecular weight excluding hydrogens is 676 g/mol. The summed E-state index contributed by atoms with van der Waals surface area (Å²) in [5.74, 6) is 2.81. The number of aryl methyl sites for hydroxylation is 4. The van der Waals surface area contributed by atoms with E-state index in [1.165, 1.54) is 22.8 Å². The lowest BCUT2D eigenvalue weighted by Crippen LogP contribution is -2.00. The van der Waals surface area contributed by atoms with E-state index < -0.39 is 0 Å². The Morgan fingerprint density at radius 3 is 0.854 bits per heavy atom. The molecular formula is C36H42N4O4P4. The van der Waals surface area contributed by atoms with Crippen molar-refractivity contribution in [2.75, 3.05) is 0 Å². The summed E-state index contributed by atoms with van der Waals surface area (Å²) in [4.78, 5) is 0. The molecule has 6 rings (SSSR count). The van der Waals surface area contributed by atoms with Gasteiger partial charge in [-0.25, -0.2) is 0 Å². The van der Waals surface area contributed by atoms with Crippen LogP contribution in [0.5, 0.6) is 23.0 Å². The number of rotatable bonds is 17. The van der Waals surface area contributed by atoms with Crippen molar-refractivity contribution in [2.24, 2.45) is 0 Å². The van der Waals surface area contributed by atoms with E-state index in [2.05, 4.69) is 118 Å². The molecule has 0 fully saturated rings. The van der Waals surface area contributed by atoms with E-state index in [-0.39, 0.29) is 35.8 Å². The van der Waals surface area contributed by atoms with Crippen molar-refractivity contribution in [3.8, 4) is 34.1 Å². The predicted molar refractivity (Wildman–Crippen MR) is 204 cm³/mol. The Labute approximate surface area is 290 Å². The van der Waals surface area contributed by atoms with Crippen molar-refractivity contribution in [1.29, 1.82) is 0 Å². The molecule has 4 atom stereocenters. The SMILES string of the molecule is CCc1cccn1POc1cccc(OPn2cccc2CC)c1-c1c(OPn2cccc2CC)cccc1OPn1cccc1CC. The third-order valence-corrected chi connectivity index (χ3v) is 11.8. The predicted octanol–water partition coefficient (Wildman–Crippen LogP) is 10.6. The average molecular weight is 719 g/mol. The summed E-state index contributed by atoms with van der Waals surface area (Å²) in [5.41, 5.74) is 6.48. The third kappa shape index (κ3) is 7.85. The van der Waals surface area contributed by atoms with Crippen molar-refractivity contribution in [3.05, 3.63) is 132 Å². The summed E-state index contributed by atoms with van der Waals surface area (Å²) in [7, 11) is 0.219. The fraction of sp³-hybridized carbons (Fsp3) is 0.222. The van der Waals surface area contributed by atoms with Crippen LogP contribution >= 0.6 is 35.8 Å². The molecule has 0 saturated heterocycles. The smallest absolute Gasteiger partial charge is 0.181 e. The summed E-state index contributed by atoms with van der Waals surface area (Å²) in [6, 6.07) is 28.8. The van der Waals surface area contributed by atoms with Crippen LogP contribution in [0.4, 0.5) is 0 Å². The molecule has 12 heteroatoms. The van der Waals surface area contributed by atoms with Gasteiger partial charge in [-0.3, -0.25) is 0 Å². The number of nitrogens with zero attached hydrogens (tertiary/aromatic N) is 4. The second-order valence-electron chi connectivity index (χ2n) is 10.9. The van der Waals surface area contributed by atoms with Crippen LogP contribution < -0.4 is 18.1 Å². The molecule has 250 valence electrons. The first-order valence-corrected chi connectivity index (χ1v) is 19.7. The van der Waals surface area contributed by atoms with Gasteiger partial charge in [-0.05, 0) is 98.5 Å². The molecule has 4 unspecified atom stereocenters. The highest BCUT2D eigenvalue weighted by molar-refractivity contribution is 7.31. The van der Waals surface area contributed by atoms with Crippen LogP contribution in [0.2, 0.25) is 0 Å². The molecule has 0 radical (unpaired) electrons. The molecule has 4 heterocycles. The number of hydrogen-bond donors (Lipinski definition) is 0. The summed E-state index contributed by atoms with van der Waals surface area (Å²) in [5, 5.41) is 0. The molecule has 6 aromatic rings. The van der Waals surface area contributed by atoms with E-state index in [4.69, 9.17) is 18.1 Å². The zero-order valence-electron chi connectivity index (χ0n) is 27.6. The molecule has 0 bridgehead atoms. The van der Waals surface area contributed by atoms with Crippen LogP contribution in [-0.4, -0.2) is 17.4 Å². The highest BCUT2D eigenvalue weighted by Gasteiger charge is 2.24. The van der Waals surface area contributed by atoms with Gasteiger partial charge in [0.05, 0.1) is 11.1 Å². The Balaban J connectivity index is 1.44. The lowest BCUT2D eigenvalue weighted by Gasteiger charge is -2.22. The van der Waals surface area contributed by atoms with E-state index in [1.54, 1.807) is 0 Å². The normalized spacial score (nSPS) is 12.2. The molecule has 0 spiro atoms. The quantitative estimate of drug-likeness (QED) is 0.0881. The molecule has 0 amide bonds. The van der Waals surface area contributed by atoms with Crippen molar-refractivity contribution in [2.45, 2.75) is 53.4 Å². The Kier molecular flexibility index (Phi) is 12.0. The molecule has 48 heavy (non-hydrogen) atoms. The maximum atomic E-state index is 6.67. The summed E-state index contributed by atoms with van der Waals surface area (Å²) < 4.78 is 35.3. The van der Waals surface area contributed by atoms with E-state index in [0.29, 0.717) is 23.0 Å². The van der Waals surface area contributed by atoms with E-state index >= 15 is 0 Å². The van der Waals surface area contributed by atoms with Gasteiger partial charge in [0.25, 0.3) is 0 Å². The fourth-order valence-corrected chi connectivity index (χ4v) is 8.88. The van der Waals surface area contributed by atoms with Crippen molar-refractivity contribution < 1.29 is 18.1 Å². The minimum Gasteiger partial charge on any atom is -0.455 e. The topological polar surface area (TPSA) is 56.6 Å². The lowest BCUT2D eigenvalue weighted by atomic mass is 10.0. The maximum Gasteiger partial charge on any atom is 0.181 e. The minimum atomic E-state index is 0.0547. The Morgan fingerprint density at radius 1 is 0.375 bits per heavy atom.